The van der Waals surface area contributed by atoms with E-state index in [1.54, 1.807) is 13.1 Å². The fraction of sp³-hybridized carbons (Fsp3) is 0.125. The van der Waals surface area contributed by atoms with Gasteiger partial charge in [0, 0.05) is 11.8 Å². The quantitative estimate of drug-likeness (QED) is 0.870. The molecule has 0 spiro atoms. The van der Waals surface area contributed by atoms with Crippen LogP contribution in [0.2, 0.25) is 0 Å². The van der Waals surface area contributed by atoms with Crippen molar-refractivity contribution in [2.75, 3.05) is 12.4 Å². The lowest BCUT2D eigenvalue weighted by Gasteiger charge is -2.23. The maximum atomic E-state index is 12.5. The van der Waals surface area contributed by atoms with Crippen LogP contribution in [0.3, 0.4) is 0 Å². The van der Waals surface area contributed by atoms with Gasteiger partial charge in [-0.05, 0) is 40.5 Å². The van der Waals surface area contributed by atoms with E-state index in [-0.39, 0.29) is 5.91 Å². The Morgan fingerprint density at radius 1 is 1.35 bits per heavy atom. The number of carbonyl (C=O) groups excluding carboxylic acids is 1. The summed E-state index contributed by atoms with van der Waals surface area (Å²) >= 11 is -0.121. The van der Waals surface area contributed by atoms with Crippen LogP contribution in [0.5, 0.6) is 0 Å². The standard InChI is InChI=1S/C16H15N3O2S2/c1-11-5-3-6-12(9-11)17-16(20)14-10-13(15-7-4-8-22-15)18-23(21)19(14)2/h3-10H,1-2H3,(H,17,20). The van der Waals surface area contributed by atoms with Crippen molar-refractivity contribution < 1.29 is 9.35 Å². The molecule has 2 heterocycles. The lowest BCUT2D eigenvalue weighted by molar-refractivity contribution is -0.113. The fourth-order valence-corrected chi connectivity index (χ4v) is 3.63. The normalized spacial score (nSPS) is 17.5. The third-order valence-electron chi connectivity index (χ3n) is 3.31. The topological polar surface area (TPSA) is 67.8 Å². The van der Waals surface area contributed by atoms with Crippen molar-refractivity contribution in [2.45, 2.75) is 6.92 Å². The Hall–Kier alpha value is -2.09. The van der Waals surface area contributed by atoms with E-state index in [1.165, 1.54) is 15.6 Å². The molecule has 1 unspecified atom stereocenters. The van der Waals surface area contributed by atoms with Gasteiger partial charge in [0.05, 0.1) is 11.9 Å². The minimum absolute atomic E-state index is 0.310. The van der Waals surface area contributed by atoms with E-state index in [4.69, 9.17) is 0 Å². The zero-order valence-corrected chi connectivity index (χ0v) is 14.3. The molecule has 2 aromatic rings. The van der Waals surface area contributed by atoms with E-state index in [1.807, 2.05) is 48.7 Å². The molecule has 23 heavy (non-hydrogen) atoms. The second-order valence-electron chi connectivity index (χ2n) is 5.04. The Morgan fingerprint density at radius 3 is 2.87 bits per heavy atom. The molecule has 0 fully saturated rings. The molecule has 1 aliphatic heterocycles. The predicted octanol–water partition coefficient (Wildman–Crippen LogP) is 2.89. The summed E-state index contributed by atoms with van der Waals surface area (Å²) in [6.45, 7) is 1.96. The summed E-state index contributed by atoms with van der Waals surface area (Å²) in [6, 6.07) is 11.3. The number of hydrogen-bond acceptors (Lipinski definition) is 5. The van der Waals surface area contributed by atoms with Crippen molar-refractivity contribution in [3.63, 3.8) is 0 Å². The third kappa shape index (κ3) is 3.47. The van der Waals surface area contributed by atoms with Crippen LogP contribution >= 0.6 is 11.3 Å². The number of hydrogen-bond donors (Lipinski definition) is 1. The summed E-state index contributed by atoms with van der Waals surface area (Å²) in [6.07, 6.45) is 1.67. The Labute approximate surface area is 141 Å². The molecule has 118 valence electrons. The minimum atomic E-state index is -1.61. The predicted molar refractivity (Wildman–Crippen MR) is 94.7 cm³/mol. The molecular formula is C16H15N3O2S2. The van der Waals surface area contributed by atoms with Crippen molar-refractivity contribution in [3.05, 3.63) is 64.0 Å². The molecule has 0 saturated heterocycles. The van der Waals surface area contributed by atoms with Gasteiger partial charge in [-0.3, -0.25) is 4.79 Å². The van der Waals surface area contributed by atoms with Gasteiger partial charge in [-0.15, -0.1) is 11.3 Å². The van der Waals surface area contributed by atoms with Gasteiger partial charge >= 0.3 is 0 Å². The van der Waals surface area contributed by atoms with Crippen LogP contribution < -0.4 is 5.32 Å². The van der Waals surface area contributed by atoms with E-state index >= 15 is 0 Å². The number of anilines is 1. The van der Waals surface area contributed by atoms with Crippen molar-refractivity contribution in [1.82, 2.24) is 4.31 Å². The highest BCUT2D eigenvalue weighted by molar-refractivity contribution is 7.88. The summed E-state index contributed by atoms with van der Waals surface area (Å²) < 4.78 is 17.6. The number of nitrogens with one attached hydrogen (secondary N) is 1. The Balaban J connectivity index is 1.87. The number of thiophene rings is 1. The minimum Gasteiger partial charge on any atom is -0.566 e. The number of benzene rings is 1. The Bertz CT molecular complexity index is 784. The molecule has 1 N–H and O–H groups in total. The molecule has 1 aliphatic rings. The molecule has 1 aromatic heterocycles. The van der Waals surface area contributed by atoms with Crippen LogP contribution in [0.4, 0.5) is 5.69 Å². The molecule has 5 nitrogen and oxygen atoms in total. The highest BCUT2D eigenvalue weighted by Gasteiger charge is 2.30. The van der Waals surface area contributed by atoms with E-state index < -0.39 is 11.5 Å². The molecule has 3 rings (SSSR count). The maximum absolute atomic E-state index is 12.5. The second-order valence-corrected chi connectivity index (χ2v) is 7.17. The monoisotopic (exact) mass is 345 g/mol. The fourth-order valence-electron chi connectivity index (χ4n) is 2.14. The van der Waals surface area contributed by atoms with Crippen LogP contribution in [0.25, 0.3) is 0 Å². The van der Waals surface area contributed by atoms with Crippen LogP contribution in [0, 0.1) is 6.92 Å². The zero-order valence-electron chi connectivity index (χ0n) is 12.6. The van der Waals surface area contributed by atoms with Gasteiger partial charge in [0.1, 0.15) is 5.71 Å². The lowest BCUT2D eigenvalue weighted by Crippen LogP contribution is -2.35. The highest BCUT2D eigenvalue weighted by atomic mass is 32.2. The van der Waals surface area contributed by atoms with Crippen LogP contribution in [-0.2, 0) is 16.3 Å². The summed E-state index contributed by atoms with van der Waals surface area (Å²) in [5, 5.41) is 4.75. The smallest absolute Gasteiger partial charge is 0.276 e. The highest BCUT2D eigenvalue weighted by Crippen LogP contribution is 2.23. The van der Waals surface area contributed by atoms with Gasteiger partial charge in [0.15, 0.2) is 5.70 Å². The van der Waals surface area contributed by atoms with E-state index in [0.29, 0.717) is 17.1 Å². The number of rotatable bonds is 3. The van der Waals surface area contributed by atoms with E-state index in [9.17, 15) is 9.35 Å². The average Bonchev–Trinajstić information content (AvgIpc) is 3.04. The number of aryl methyl sites for hydroxylation is 1. The summed E-state index contributed by atoms with van der Waals surface area (Å²) in [7, 11) is 1.59. The molecule has 0 saturated carbocycles. The van der Waals surface area contributed by atoms with Gasteiger partial charge in [0.2, 0.25) is 11.5 Å². The zero-order chi connectivity index (χ0) is 16.4. The molecule has 1 amide bonds. The largest absolute Gasteiger partial charge is 0.566 e. The van der Waals surface area contributed by atoms with Gasteiger partial charge in [-0.25, -0.2) is 0 Å². The maximum Gasteiger partial charge on any atom is 0.276 e. The average molecular weight is 345 g/mol. The first-order valence-corrected chi connectivity index (χ1v) is 8.87. The molecule has 0 bridgehead atoms. The molecule has 0 aliphatic carbocycles. The molecule has 1 atom stereocenters. The molecular weight excluding hydrogens is 330 g/mol. The van der Waals surface area contributed by atoms with Crippen LogP contribution in [0.1, 0.15) is 10.4 Å². The molecule has 0 radical (unpaired) electrons. The number of allylic oxidation sites excluding steroid dienone is 1. The number of likely N-dealkylation sites (N-methyl/N-ethyl adjacent to an activating group) is 1. The molecule has 7 heteroatoms. The van der Waals surface area contributed by atoms with Gasteiger partial charge < -0.3 is 9.87 Å². The number of amides is 1. The lowest BCUT2D eigenvalue weighted by atomic mass is 10.2. The van der Waals surface area contributed by atoms with Crippen molar-refractivity contribution >= 4 is 40.2 Å². The third-order valence-corrected chi connectivity index (χ3v) is 5.22. The van der Waals surface area contributed by atoms with Crippen LogP contribution in [-0.4, -0.2) is 27.5 Å². The molecule has 1 aromatic carbocycles. The summed E-state index contributed by atoms with van der Waals surface area (Å²) in [4.78, 5) is 13.4. The van der Waals surface area contributed by atoms with Crippen molar-refractivity contribution in [2.24, 2.45) is 4.40 Å². The first kappa shape index (κ1) is 15.8. The SMILES string of the molecule is Cc1cccc(NC(=O)C2=CC(c3cccs3)=N[S+]([O-])N2C)c1. The first-order chi connectivity index (χ1) is 11.0. The van der Waals surface area contributed by atoms with Gasteiger partial charge in [-0.1, -0.05) is 18.2 Å². The first-order valence-electron chi connectivity index (χ1n) is 6.92. The van der Waals surface area contributed by atoms with E-state index in [2.05, 4.69) is 9.71 Å². The Morgan fingerprint density at radius 2 is 2.17 bits per heavy atom. The summed E-state index contributed by atoms with van der Waals surface area (Å²) in [5.41, 5.74) is 2.64. The Kier molecular flexibility index (Phi) is 4.51. The van der Waals surface area contributed by atoms with Gasteiger partial charge in [0.25, 0.3) is 5.91 Å². The van der Waals surface area contributed by atoms with Crippen LogP contribution in [0.15, 0.2) is 57.9 Å². The van der Waals surface area contributed by atoms with Crippen molar-refractivity contribution in [3.8, 4) is 0 Å². The van der Waals surface area contributed by atoms with Gasteiger partial charge in [-0.2, -0.15) is 4.31 Å². The number of nitrogens with zero attached hydrogens (tertiary/aromatic N) is 2. The number of carbonyl (C=O) groups is 1. The second kappa shape index (κ2) is 6.57. The van der Waals surface area contributed by atoms with E-state index in [0.717, 1.165) is 10.4 Å². The summed E-state index contributed by atoms with van der Waals surface area (Å²) in [5.74, 6) is -0.310. The van der Waals surface area contributed by atoms with Crippen molar-refractivity contribution in [1.29, 1.82) is 0 Å².